The van der Waals surface area contributed by atoms with Crippen LogP contribution in [0.2, 0.25) is 0 Å². The second-order valence-corrected chi connectivity index (χ2v) is 7.22. The van der Waals surface area contributed by atoms with Crippen LogP contribution in [0.3, 0.4) is 0 Å². The molecule has 2 aliphatic carbocycles. The predicted molar refractivity (Wildman–Crippen MR) is 85.6 cm³/mol. The molecule has 1 spiro atoms. The second-order valence-electron chi connectivity index (χ2n) is 7.22. The fraction of sp³-hybridized carbons (Fsp3) is 0.556. The first-order valence-electron chi connectivity index (χ1n) is 8.39. The molecule has 1 saturated heterocycles. The molecular weight excluding hydrogens is 292 g/mol. The molecule has 0 aromatic heterocycles. The third-order valence-corrected chi connectivity index (χ3v) is 6.37. The Bertz CT molecular complexity index is 704. The lowest BCUT2D eigenvalue weighted by molar-refractivity contribution is -0.0453. The largest absolute Gasteiger partial charge is 0.482 e. The van der Waals surface area contributed by atoms with E-state index in [0.717, 1.165) is 25.1 Å². The van der Waals surface area contributed by atoms with Gasteiger partial charge in [-0.05, 0) is 38.1 Å². The van der Waals surface area contributed by atoms with Gasteiger partial charge in [-0.2, -0.15) is 0 Å². The summed E-state index contributed by atoms with van der Waals surface area (Å²) < 4.78 is 11.9. The molecule has 1 aromatic rings. The van der Waals surface area contributed by atoms with Crippen LogP contribution < -0.4 is 15.2 Å². The number of aliphatic hydroxyl groups excluding tert-OH is 1. The summed E-state index contributed by atoms with van der Waals surface area (Å²) in [7, 11) is 2.21. The number of rotatable bonds is 2. The van der Waals surface area contributed by atoms with Crippen molar-refractivity contribution in [3.8, 4) is 11.5 Å². The number of aliphatic hydroxyl groups is 1. The maximum atomic E-state index is 10.6. The van der Waals surface area contributed by atoms with E-state index in [-0.39, 0.29) is 18.2 Å². The van der Waals surface area contributed by atoms with Crippen molar-refractivity contribution in [2.45, 2.75) is 36.5 Å². The molecule has 2 aliphatic heterocycles. The minimum absolute atomic E-state index is 0.123. The number of nitrogens with zero attached hydrogens (tertiary/aromatic N) is 1. The third-order valence-electron chi connectivity index (χ3n) is 6.37. The summed E-state index contributed by atoms with van der Waals surface area (Å²) in [5.74, 6) is 1.91. The molecule has 5 nitrogen and oxygen atoms in total. The number of likely N-dealkylation sites (N-methyl/N-ethyl adjacent to an activating group) is 1. The van der Waals surface area contributed by atoms with Crippen molar-refractivity contribution in [3.63, 3.8) is 0 Å². The molecule has 122 valence electrons. The number of hydrogen-bond acceptors (Lipinski definition) is 5. The fourth-order valence-corrected chi connectivity index (χ4v) is 5.43. The number of ether oxygens (including phenoxy) is 2. The Balaban J connectivity index is 1.78. The Morgan fingerprint density at radius 1 is 1.43 bits per heavy atom. The van der Waals surface area contributed by atoms with E-state index in [1.807, 2.05) is 12.1 Å². The normalized spacial score (nSPS) is 39.8. The van der Waals surface area contributed by atoms with E-state index in [1.54, 1.807) is 0 Å². The molecule has 5 rings (SSSR count). The van der Waals surface area contributed by atoms with Crippen molar-refractivity contribution in [1.29, 1.82) is 0 Å². The first-order valence-corrected chi connectivity index (χ1v) is 8.39. The first-order chi connectivity index (χ1) is 11.2. The summed E-state index contributed by atoms with van der Waals surface area (Å²) in [5.41, 5.74) is 8.06. The van der Waals surface area contributed by atoms with Gasteiger partial charge < -0.3 is 19.5 Å². The lowest BCUT2D eigenvalue weighted by atomic mass is 9.53. The average molecular weight is 314 g/mol. The molecule has 2 heterocycles. The summed E-state index contributed by atoms with van der Waals surface area (Å²) in [6.45, 7) is 1.16. The zero-order chi connectivity index (χ0) is 15.8. The Morgan fingerprint density at radius 2 is 2.30 bits per heavy atom. The van der Waals surface area contributed by atoms with Gasteiger partial charge in [-0.3, -0.25) is 5.73 Å². The molecule has 0 unspecified atom stereocenters. The molecule has 3 N–H and O–H groups in total. The standard InChI is InChI=1S/C18H22N2O3/c1-20-7-6-18-11-3-4-13(21)17(18)23-16-14(22-9-19)5-2-10(15(16)18)8-12(11)20/h2-5,11-13,17,21H,6-9,19H2,1H3/t11-,12+,13-,17-,18-/m0/s1. The molecular formula is C18H22N2O3. The lowest BCUT2D eigenvalue weighted by Gasteiger charge is -2.56. The molecule has 0 radical (unpaired) electrons. The fourth-order valence-electron chi connectivity index (χ4n) is 5.43. The summed E-state index contributed by atoms with van der Waals surface area (Å²) in [4.78, 5) is 2.46. The maximum Gasteiger partial charge on any atom is 0.166 e. The minimum atomic E-state index is -0.570. The van der Waals surface area contributed by atoms with Gasteiger partial charge in [-0.15, -0.1) is 0 Å². The van der Waals surface area contributed by atoms with Gasteiger partial charge in [-0.1, -0.05) is 18.2 Å². The molecule has 0 saturated carbocycles. The van der Waals surface area contributed by atoms with Crippen LogP contribution in [0.15, 0.2) is 24.3 Å². The number of benzene rings is 1. The van der Waals surface area contributed by atoms with Crippen molar-refractivity contribution in [2.24, 2.45) is 11.7 Å². The molecule has 4 aliphatic rings. The molecule has 1 fully saturated rings. The number of hydrogen-bond donors (Lipinski definition) is 2. The van der Waals surface area contributed by atoms with Gasteiger partial charge in [0.05, 0.1) is 0 Å². The van der Waals surface area contributed by atoms with E-state index in [2.05, 4.69) is 24.1 Å². The highest BCUT2D eigenvalue weighted by Gasteiger charge is 2.64. The maximum absolute atomic E-state index is 10.6. The van der Waals surface area contributed by atoms with E-state index in [9.17, 15) is 5.11 Å². The van der Waals surface area contributed by atoms with Gasteiger partial charge in [0.25, 0.3) is 0 Å². The highest BCUT2D eigenvalue weighted by atomic mass is 16.5. The van der Waals surface area contributed by atoms with E-state index in [0.29, 0.717) is 17.7 Å². The quantitative estimate of drug-likeness (QED) is 0.624. The Morgan fingerprint density at radius 3 is 3.13 bits per heavy atom. The molecule has 1 aromatic carbocycles. The minimum Gasteiger partial charge on any atom is -0.482 e. The predicted octanol–water partition coefficient (Wildman–Crippen LogP) is 0.787. The van der Waals surface area contributed by atoms with Crippen molar-refractivity contribution < 1.29 is 14.6 Å². The second kappa shape index (κ2) is 4.50. The smallest absolute Gasteiger partial charge is 0.166 e. The summed E-state index contributed by atoms with van der Waals surface area (Å²) in [6.07, 6.45) is 5.37. The topological polar surface area (TPSA) is 68.0 Å². The Kier molecular flexibility index (Phi) is 2.71. The van der Waals surface area contributed by atoms with Crippen LogP contribution in [-0.2, 0) is 11.8 Å². The van der Waals surface area contributed by atoms with Crippen LogP contribution in [0.5, 0.6) is 11.5 Å². The van der Waals surface area contributed by atoms with Gasteiger partial charge in [0.2, 0.25) is 0 Å². The summed E-state index contributed by atoms with van der Waals surface area (Å²) in [5, 5.41) is 10.6. The number of likely N-dealkylation sites (tertiary alicyclic amines) is 1. The van der Waals surface area contributed by atoms with Crippen LogP contribution in [-0.4, -0.2) is 48.6 Å². The van der Waals surface area contributed by atoms with Crippen LogP contribution >= 0.6 is 0 Å². The zero-order valence-corrected chi connectivity index (χ0v) is 13.2. The number of nitrogens with two attached hydrogens (primary N) is 1. The van der Waals surface area contributed by atoms with E-state index < -0.39 is 6.10 Å². The monoisotopic (exact) mass is 314 g/mol. The van der Waals surface area contributed by atoms with E-state index in [4.69, 9.17) is 15.2 Å². The van der Waals surface area contributed by atoms with Gasteiger partial charge in [-0.25, -0.2) is 0 Å². The van der Waals surface area contributed by atoms with Crippen molar-refractivity contribution >= 4 is 0 Å². The van der Waals surface area contributed by atoms with Crippen LogP contribution in [0.4, 0.5) is 0 Å². The zero-order valence-electron chi connectivity index (χ0n) is 13.2. The number of piperidine rings is 1. The highest BCUT2D eigenvalue weighted by Crippen LogP contribution is 2.62. The average Bonchev–Trinajstić information content (AvgIpc) is 2.90. The van der Waals surface area contributed by atoms with Crippen molar-refractivity contribution in [1.82, 2.24) is 4.90 Å². The van der Waals surface area contributed by atoms with Crippen molar-refractivity contribution in [3.05, 3.63) is 35.4 Å². The van der Waals surface area contributed by atoms with Crippen molar-refractivity contribution in [2.75, 3.05) is 20.3 Å². The molecule has 5 heteroatoms. The summed E-state index contributed by atoms with van der Waals surface area (Å²) >= 11 is 0. The first kappa shape index (κ1) is 13.8. The Labute approximate surface area is 135 Å². The molecule has 23 heavy (non-hydrogen) atoms. The van der Waals surface area contributed by atoms with Crippen LogP contribution in [0.1, 0.15) is 17.5 Å². The van der Waals surface area contributed by atoms with Gasteiger partial charge >= 0.3 is 0 Å². The van der Waals surface area contributed by atoms with Crippen LogP contribution in [0, 0.1) is 5.92 Å². The molecule has 0 amide bonds. The van der Waals surface area contributed by atoms with Gasteiger partial charge in [0.1, 0.15) is 18.9 Å². The van der Waals surface area contributed by atoms with Gasteiger partial charge in [0, 0.05) is 22.9 Å². The molecule has 2 bridgehead atoms. The lowest BCUT2D eigenvalue weighted by Crippen LogP contribution is -2.64. The third kappa shape index (κ3) is 1.53. The molecule has 5 atom stereocenters. The SMILES string of the molecule is CN1CC[C@]23c4c5ccc(OCN)c4O[C@H]2[C@@H](O)C=C[C@H]3[C@H]1C5. The van der Waals surface area contributed by atoms with E-state index in [1.165, 1.54) is 11.1 Å². The highest BCUT2D eigenvalue weighted by molar-refractivity contribution is 5.62. The summed E-state index contributed by atoms with van der Waals surface area (Å²) in [6, 6.07) is 4.59. The van der Waals surface area contributed by atoms with Crippen LogP contribution in [0.25, 0.3) is 0 Å². The Hall–Kier alpha value is -1.56. The van der Waals surface area contributed by atoms with Gasteiger partial charge in [0.15, 0.2) is 11.5 Å². The van der Waals surface area contributed by atoms with E-state index >= 15 is 0 Å².